The van der Waals surface area contributed by atoms with Gasteiger partial charge in [0.25, 0.3) is 17.7 Å². The zero-order valence-electron chi connectivity index (χ0n) is 41.8. The van der Waals surface area contributed by atoms with E-state index in [1.807, 2.05) is 12.1 Å². The fourth-order valence-corrected chi connectivity index (χ4v) is 11.4. The molecule has 1 atom stereocenters. The first-order valence-corrected chi connectivity index (χ1v) is 27.0. The van der Waals surface area contributed by atoms with Gasteiger partial charge in [0.1, 0.15) is 22.4 Å². The van der Waals surface area contributed by atoms with Gasteiger partial charge in [-0.1, -0.05) is 41.9 Å². The molecule has 1 aromatic heterocycles. The monoisotopic (exact) mass is 1110 g/mol. The fraction of sp³-hybridized carbons (Fsp3) is 0.412. The maximum atomic E-state index is 13.6. The molecule has 0 saturated carbocycles. The topological polar surface area (TPSA) is 292 Å². The van der Waals surface area contributed by atoms with Crippen molar-refractivity contribution in [2.75, 3.05) is 69.9 Å². The summed E-state index contributed by atoms with van der Waals surface area (Å²) in [5.41, 5.74) is 1.44. The lowest BCUT2D eigenvalue weighted by atomic mass is 10.0. The van der Waals surface area contributed by atoms with E-state index < -0.39 is 76.4 Å². The second-order valence-electron chi connectivity index (χ2n) is 18.7. The van der Waals surface area contributed by atoms with Crippen LogP contribution < -0.4 is 30.7 Å². The van der Waals surface area contributed by atoms with Crippen molar-refractivity contribution in [1.82, 2.24) is 19.8 Å². The number of nitrogens with one attached hydrogen (secondary N) is 4. The van der Waals surface area contributed by atoms with Crippen molar-refractivity contribution in [2.24, 2.45) is 0 Å². The standard InChI is InChI=1S/C51H57ClN6O16S2/c1-51(2,3)74-50(67)46-44(73-28-41(62)63)43(52)45(75-46)31-8-5-10-34(26-31)54-32-15-19-57(20-16-32)76(68,69)29-30-7-4-9-33(25-30)55-39(60)17-21-70-23-24-71-22-18-53-40(61)27-72-37-12-6-11-35-42(37)49(66)58(48(35)65)36-13-14-38(59)56-47(36)64/h4-12,25-26,32,36,54H,13-24,27-29H2,1-3H3,(H,53,61)(H,55,60)(H,62,63)(H,56,59,64). The number of aliphatic carboxylic acids is 1. The minimum Gasteiger partial charge on any atom is -0.483 e. The van der Waals surface area contributed by atoms with E-state index in [-0.39, 0.29) is 116 Å². The Hall–Kier alpha value is -6.96. The third kappa shape index (κ3) is 14.9. The van der Waals surface area contributed by atoms with Crippen LogP contribution in [-0.4, -0.2) is 147 Å². The summed E-state index contributed by atoms with van der Waals surface area (Å²) in [4.78, 5) is 101. The number of carboxylic acid groups (broad SMARTS) is 1. The van der Waals surface area contributed by atoms with E-state index in [2.05, 4.69) is 21.3 Å². The molecule has 4 heterocycles. The van der Waals surface area contributed by atoms with Gasteiger partial charge >= 0.3 is 11.9 Å². The number of fused-ring (bicyclic) bond motifs is 1. The van der Waals surface area contributed by atoms with E-state index >= 15 is 0 Å². The van der Waals surface area contributed by atoms with Crippen LogP contribution >= 0.6 is 22.9 Å². The van der Waals surface area contributed by atoms with Crippen LogP contribution in [0.4, 0.5) is 11.4 Å². The van der Waals surface area contributed by atoms with Crippen LogP contribution in [0.25, 0.3) is 10.4 Å². The number of hydrogen-bond acceptors (Lipinski definition) is 17. The first kappa shape index (κ1) is 56.8. The third-order valence-electron chi connectivity index (χ3n) is 11.8. The van der Waals surface area contributed by atoms with Crippen LogP contribution in [0, 0.1) is 0 Å². The van der Waals surface area contributed by atoms with E-state index in [4.69, 9.17) is 35.3 Å². The van der Waals surface area contributed by atoms with Crippen molar-refractivity contribution in [3.8, 4) is 21.9 Å². The highest BCUT2D eigenvalue weighted by Gasteiger charge is 2.46. The molecule has 6 amide bonds. The van der Waals surface area contributed by atoms with Crippen molar-refractivity contribution in [3.63, 3.8) is 0 Å². The van der Waals surface area contributed by atoms with Gasteiger partial charge in [0, 0.05) is 43.5 Å². The first-order valence-electron chi connectivity index (χ1n) is 24.2. The van der Waals surface area contributed by atoms with Gasteiger partial charge in [-0.05, 0) is 87.6 Å². The number of halogens is 1. The Morgan fingerprint density at radius 1 is 0.842 bits per heavy atom. The van der Waals surface area contributed by atoms with Gasteiger partial charge in [0.2, 0.25) is 27.7 Å². The number of amides is 6. The molecule has 0 bridgehead atoms. The zero-order valence-corrected chi connectivity index (χ0v) is 44.2. The quantitative estimate of drug-likeness (QED) is 0.0356. The Balaban J connectivity index is 0.774. The number of carboxylic acids is 1. The zero-order chi connectivity index (χ0) is 54.7. The van der Waals surface area contributed by atoms with Gasteiger partial charge < -0.3 is 44.7 Å². The molecule has 76 heavy (non-hydrogen) atoms. The van der Waals surface area contributed by atoms with E-state index in [0.29, 0.717) is 34.5 Å². The van der Waals surface area contributed by atoms with Crippen molar-refractivity contribution in [1.29, 1.82) is 0 Å². The molecule has 5 N–H and O–H groups in total. The van der Waals surface area contributed by atoms with Crippen molar-refractivity contribution < 1.29 is 75.6 Å². The van der Waals surface area contributed by atoms with Gasteiger partial charge in [0.15, 0.2) is 23.8 Å². The largest absolute Gasteiger partial charge is 0.483 e. The minimum absolute atomic E-state index is 0.00126. The molecule has 406 valence electrons. The van der Waals surface area contributed by atoms with Gasteiger partial charge in [0.05, 0.1) is 54.6 Å². The Morgan fingerprint density at radius 2 is 1.55 bits per heavy atom. The number of ether oxygens (including phenoxy) is 5. The van der Waals surface area contributed by atoms with Crippen LogP contribution in [0.5, 0.6) is 11.5 Å². The smallest absolute Gasteiger partial charge is 0.352 e. The molecule has 3 aliphatic rings. The predicted octanol–water partition coefficient (Wildman–Crippen LogP) is 4.85. The molecule has 3 aromatic carbocycles. The Labute approximate surface area is 446 Å². The molecule has 25 heteroatoms. The summed E-state index contributed by atoms with van der Waals surface area (Å²) in [6.45, 7) is 5.18. The van der Waals surface area contributed by atoms with E-state index in [1.165, 1.54) is 22.5 Å². The normalized spacial score (nSPS) is 16.2. The Bertz CT molecular complexity index is 2990. The molecule has 7 rings (SSSR count). The molecule has 0 radical (unpaired) electrons. The molecular weight excluding hydrogens is 1050 g/mol. The number of hydrogen-bond donors (Lipinski definition) is 5. The summed E-state index contributed by atoms with van der Waals surface area (Å²) in [6, 6.07) is 17.1. The summed E-state index contributed by atoms with van der Waals surface area (Å²) < 4.78 is 56.1. The van der Waals surface area contributed by atoms with Crippen LogP contribution in [0.3, 0.4) is 0 Å². The van der Waals surface area contributed by atoms with Crippen molar-refractivity contribution in [2.45, 2.75) is 76.3 Å². The van der Waals surface area contributed by atoms with Crippen LogP contribution in [0.2, 0.25) is 5.02 Å². The highest BCUT2D eigenvalue weighted by atomic mass is 35.5. The number of rotatable bonds is 24. The second-order valence-corrected chi connectivity index (χ2v) is 22.1. The number of carbonyl (C=O) groups is 8. The second kappa shape index (κ2) is 25.3. The number of piperidine rings is 2. The number of anilines is 2. The lowest BCUT2D eigenvalue weighted by Gasteiger charge is -2.32. The maximum absolute atomic E-state index is 13.6. The molecule has 2 saturated heterocycles. The number of carbonyl (C=O) groups excluding carboxylic acids is 7. The lowest BCUT2D eigenvalue weighted by molar-refractivity contribution is -0.139. The predicted molar refractivity (Wildman–Crippen MR) is 277 cm³/mol. The van der Waals surface area contributed by atoms with Gasteiger partial charge in [-0.15, -0.1) is 11.3 Å². The highest BCUT2D eigenvalue weighted by molar-refractivity contribution is 7.88. The summed E-state index contributed by atoms with van der Waals surface area (Å²) in [7, 11) is -3.72. The summed E-state index contributed by atoms with van der Waals surface area (Å²) in [5.74, 6) is -5.82. The lowest BCUT2D eigenvalue weighted by Crippen LogP contribution is -2.54. The molecule has 1 unspecified atom stereocenters. The highest BCUT2D eigenvalue weighted by Crippen LogP contribution is 2.46. The molecule has 2 fully saturated rings. The molecular formula is C51H57ClN6O16S2. The van der Waals surface area contributed by atoms with E-state index in [0.717, 1.165) is 21.9 Å². The van der Waals surface area contributed by atoms with E-state index in [9.17, 15) is 51.9 Å². The maximum Gasteiger partial charge on any atom is 0.352 e. The summed E-state index contributed by atoms with van der Waals surface area (Å²) in [6.07, 6.45) is 1.04. The molecule has 3 aliphatic heterocycles. The summed E-state index contributed by atoms with van der Waals surface area (Å²) >= 11 is 7.72. The first-order chi connectivity index (χ1) is 36.2. The fourth-order valence-electron chi connectivity index (χ4n) is 8.38. The van der Waals surface area contributed by atoms with Crippen LogP contribution in [0.1, 0.15) is 88.8 Å². The molecule has 0 aliphatic carbocycles. The average Bonchev–Trinajstić information content (AvgIpc) is 3.83. The summed E-state index contributed by atoms with van der Waals surface area (Å²) in [5, 5.41) is 20.3. The van der Waals surface area contributed by atoms with Crippen LogP contribution in [0.15, 0.2) is 66.7 Å². The van der Waals surface area contributed by atoms with Crippen LogP contribution in [-0.2, 0) is 54.0 Å². The van der Waals surface area contributed by atoms with Gasteiger partial charge in [-0.2, -0.15) is 0 Å². The molecule has 22 nitrogen and oxygen atoms in total. The Morgan fingerprint density at radius 3 is 2.28 bits per heavy atom. The minimum atomic E-state index is -3.72. The van der Waals surface area contributed by atoms with Crippen molar-refractivity contribution in [3.05, 3.63) is 93.3 Å². The Kier molecular flexibility index (Phi) is 18.9. The van der Waals surface area contributed by atoms with E-state index in [1.54, 1.807) is 57.2 Å². The number of sulfonamides is 1. The number of benzene rings is 3. The molecule has 0 spiro atoms. The third-order valence-corrected chi connectivity index (χ3v) is 15.4. The van der Waals surface area contributed by atoms with Gasteiger partial charge in [-0.25, -0.2) is 22.3 Å². The molecule has 4 aromatic rings. The SMILES string of the molecule is CC(C)(C)OC(=O)c1sc(-c2cccc(NC3CCN(S(=O)(=O)Cc4cccc(NC(=O)CCOCCOCCNC(=O)COc5cccc6c5C(=O)N(C5CCC(=O)NC5=O)C6=O)c4)CC3)c2)c(Cl)c1OCC(=O)O. The number of nitrogens with zero attached hydrogens (tertiary/aromatic N) is 2. The number of imide groups is 2. The number of esters is 1. The average molecular weight is 1110 g/mol. The van der Waals surface area contributed by atoms with Crippen molar-refractivity contribution >= 4 is 91.7 Å². The number of thiophene rings is 1. The van der Waals surface area contributed by atoms with Gasteiger partial charge in [-0.3, -0.25) is 39.0 Å².